The number of hydrogen-bond donors (Lipinski definition) is 1. The second-order valence-electron chi connectivity index (χ2n) is 13.5. The molecular weight excluding hydrogens is 456 g/mol. The van der Waals surface area contributed by atoms with Crippen molar-refractivity contribution in [3.63, 3.8) is 0 Å². The van der Waals surface area contributed by atoms with E-state index in [0.717, 1.165) is 35.4 Å². The first-order valence-electron chi connectivity index (χ1n) is 14.0. The number of ether oxygens (including phenoxy) is 3. The Kier molecular flexibility index (Phi) is 8.44. The number of nitrogens with zero attached hydrogens (tertiary/aromatic N) is 1. The number of piperidine rings is 1. The standard InChI is InChI=1S/C24H45B7N2O4/c1-10(2)7-12-9-33-22(27,8-13(12)37-21(34)18(32)11(3)4)14-15(23(28,29)24(33,30)31)17(26)20(36-6)19(35-5)16(14)25/h10-13,18H,7-9,25-32H2,1-6H3/t12?,13?,18-,22?/m0/s1. The van der Waals surface area contributed by atoms with E-state index in [-0.39, 0.29) is 39.9 Å². The van der Waals surface area contributed by atoms with Crippen LogP contribution in [0.2, 0.25) is 0 Å². The topological polar surface area (TPSA) is 74.0 Å². The number of benzene rings is 1. The zero-order chi connectivity index (χ0) is 28.2. The number of nitrogens with two attached hydrogens (primary N) is 1. The first-order chi connectivity index (χ1) is 17.0. The maximum Gasteiger partial charge on any atom is 0.323 e. The van der Waals surface area contributed by atoms with Crippen molar-refractivity contribution >= 4 is 71.8 Å². The third-order valence-electron chi connectivity index (χ3n) is 9.83. The average Bonchev–Trinajstić information content (AvgIpc) is 2.79. The van der Waals surface area contributed by atoms with Crippen molar-refractivity contribution in [3.05, 3.63) is 11.1 Å². The third-order valence-corrected chi connectivity index (χ3v) is 9.83. The highest BCUT2D eigenvalue weighted by Gasteiger charge is 2.60. The van der Waals surface area contributed by atoms with Crippen molar-refractivity contribution in [1.29, 1.82) is 0 Å². The number of fused-ring (bicyclic) bond motifs is 3. The fraction of sp³-hybridized carbons (Fsp3) is 0.708. The molecule has 0 bridgehead atoms. The van der Waals surface area contributed by atoms with Crippen LogP contribution in [0.1, 0.15) is 51.7 Å². The van der Waals surface area contributed by atoms with Gasteiger partial charge < -0.3 is 24.8 Å². The summed E-state index contributed by atoms with van der Waals surface area (Å²) in [5, 5.41) is -0.327. The van der Waals surface area contributed by atoms with E-state index in [1.165, 1.54) is 11.1 Å². The molecule has 6 nitrogen and oxygen atoms in total. The van der Waals surface area contributed by atoms with Crippen LogP contribution < -0.4 is 26.1 Å². The molecule has 196 valence electrons. The second kappa shape index (κ2) is 10.3. The minimum atomic E-state index is -0.618. The fourth-order valence-corrected chi connectivity index (χ4v) is 7.31. The van der Waals surface area contributed by atoms with Gasteiger partial charge in [-0.05, 0) is 46.5 Å². The molecule has 3 rings (SSSR count). The molecule has 0 radical (unpaired) electrons. The number of hydrogen-bond acceptors (Lipinski definition) is 6. The summed E-state index contributed by atoms with van der Waals surface area (Å²) in [6.45, 7) is 9.28. The molecule has 0 aliphatic carbocycles. The highest BCUT2D eigenvalue weighted by atomic mass is 16.5. The van der Waals surface area contributed by atoms with Gasteiger partial charge in [-0.25, -0.2) is 0 Å². The molecule has 2 aliphatic rings. The number of carbonyl (C=O) groups excluding carboxylic acids is 1. The number of methoxy groups -OCH3 is 2. The summed E-state index contributed by atoms with van der Waals surface area (Å²) in [5.41, 5.74) is 10.7. The largest absolute Gasteiger partial charge is 0.493 e. The Morgan fingerprint density at radius 1 is 1.00 bits per heavy atom. The van der Waals surface area contributed by atoms with Crippen LogP contribution in [-0.2, 0) is 20.2 Å². The normalized spacial score (nSPS) is 27.3. The zero-order valence-corrected chi connectivity index (χ0v) is 25.7. The summed E-state index contributed by atoms with van der Waals surface area (Å²) < 4.78 is 18.1. The Morgan fingerprint density at radius 2 is 1.51 bits per heavy atom. The summed E-state index contributed by atoms with van der Waals surface area (Å²) in [6.07, 6.45) is 1.50. The van der Waals surface area contributed by atoms with E-state index in [0.29, 0.717) is 12.3 Å². The van der Waals surface area contributed by atoms with E-state index in [1.54, 1.807) is 14.2 Å². The van der Waals surface area contributed by atoms with Gasteiger partial charge in [0.05, 0.1) is 14.2 Å². The van der Waals surface area contributed by atoms with Gasteiger partial charge in [0.2, 0.25) is 0 Å². The predicted molar refractivity (Wildman–Crippen MR) is 172 cm³/mol. The number of carbonyl (C=O) groups is 1. The summed E-state index contributed by atoms with van der Waals surface area (Å²) in [4.78, 5) is 15.8. The molecule has 2 N–H and O–H groups in total. The van der Waals surface area contributed by atoms with Crippen molar-refractivity contribution in [2.24, 2.45) is 23.5 Å². The van der Waals surface area contributed by atoms with Crippen LogP contribution in [0.5, 0.6) is 11.5 Å². The minimum absolute atomic E-state index is 0.0310. The van der Waals surface area contributed by atoms with Gasteiger partial charge in [-0.1, -0.05) is 38.5 Å². The molecular formula is C24H45B7N2O4. The van der Waals surface area contributed by atoms with E-state index in [9.17, 15) is 4.79 Å². The quantitative estimate of drug-likeness (QED) is 0.297. The Morgan fingerprint density at radius 3 is 1.97 bits per heavy atom. The highest BCUT2D eigenvalue weighted by Crippen LogP contribution is 2.52. The fourth-order valence-electron chi connectivity index (χ4n) is 7.31. The lowest BCUT2D eigenvalue weighted by molar-refractivity contribution is -0.163. The van der Waals surface area contributed by atoms with E-state index >= 15 is 0 Å². The predicted octanol–water partition coefficient (Wildman–Crippen LogP) is -5.38. The van der Waals surface area contributed by atoms with Crippen LogP contribution in [-0.4, -0.2) is 104 Å². The molecule has 1 aromatic rings. The van der Waals surface area contributed by atoms with Gasteiger partial charge >= 0.3 is 5.97 Å². The van der Waals surface area contributed by atoms with E-state index in [4.69, 9.17) is 19.9 Å². The Hall–Kier alpha value is -1.34. The van der Waals surface area contributed by atoms with Gasteiger partial charge in [-0.2, -0.15) is 0 Å². The van der Waals surface area contributed by atoms with Crippen LogP contribution in [0, 0.1) is 17.8 Å². The number of rotatable bonds is 7. The summed E-state index contributed by atoms with van der Waals surface area (Å²) in [7, 11) is 19.5. The van der Waals surface area contributed by atoms with Gasteiger partial charge in [-0.15, -0.1) is 0 Å². The summed E-state index contributed by atoms with van der Waals surface area (Å²) in [5.74, 6) is 2.06. The van der Waals surface area contributed by atoms with Crippen LogP contribution in [0.25, 0.3) is 0 Å². The van der Waals surface area contributed by atoms with Crippen molar-refractivity contribution in [2.45, 2.75) is 68.7 Å². The van der Waals surface area contributed by atoms with Gasteiger partial charge in [-0.3, -0.25) is 4.79 Å². The maximum absolute atomic E-state index is 13.1. The maximum atomic E-state index is 13.1. The molecule has 1 aromatic carbocycles. The molecule has 3 unspecified atom stereocenters. The lowest BCUT2D eigenvalue weighted by atomic mass is 9.27. The molecule has 0 saturated carbocycles. The van der Waals surface area contributed by atoms with Crippen molar-refractivity contribution in [2.75, 3.05) is 20.8 Å². The van der Waals surface area contributed by atoms with Crippen LogP contribution in [0.15, 0.2) is 0 Å². The van der Waals surface area contributed by atoms with Crippen LogP contribution in [0.4, 0.5) is 0 Å². The molecule has 0 aromatic heterocycles. The van der Waals surface area contributed by atoms with E-state index in [1.807, 2.05) is 13.8 Å². The molecule has 0 spiro atoms. The first kappa shape index (κ1) is 30.2. The minimum Gasteiger partial charge on any atom is -0.493 e. The van der Waals surface area contributed by atoms with Gasteiger partial charge in [0.25, 0.3) is 0 Å². The van der Waals surface area contributed by atoms with Gasteiger partial charge in [0.15, 0.2) is 11.5 Å². The highest BCUT2D eigenvalue weighted by molar-refractivity contribution is 6.57. The molecule has 13 heteroatoms. The zero-order valence-electron chi connectivity index (χ0n) is 25.7. The van der Waals surface area contributed by atoms with Crippen molar-refractivity contribution in [3.8, 4) is 11.5 Å². The lowest BCUT2D eigenvalue weighted by Crippen LogP contribution is -2.78. The van der Waals surface area contributed by atoms with Crippen LogP contribution >= 0.6 is 0 Å². The molecule has 1 fully saturated rings. The molecule has 0 amide bonds. The Bertz CT molecular complexity index is 1050. The smallest absolute Gasteiger partial charge is 0.323 e. The van der Waals surface area contributed by atoms with Crippen molar-refractivity contribution < 1.29 is 19.0 Å². The average molecular weight is 501 g/mol. The summed E-state index contributed by atoms with van der Waals surface area (Å²) >= 11 is 0. The van der Waals surface area contributed by atoms with E-state index < -0.39 is 6.04 Å². The van der Waals surface area contributed by atoms with Gasteiger partial charge in [0, 0.05) is 17.9 Å². The lowest BCUT2D eigenvalue weighted by Gasteiger charge is -2.67. The Labute approximate surface area is 231 Å². The molecule has 37 heavy (non-hydrogen) atoms. The Balaban J connectivity index is 2.28. The molecule has 1 saturated heterocycles. The molecule has 4 atom stereocenters. The monoisotopic (exact) mass is 502 g/mol. The summed E-state index contributed by atoms with van der Waals surface area (Å²) in [6, 6.07) is -0.618. The number of esters is 1. The molecule has 2 heterocycles. The van der Waals surface area contributed by atoms with Crippen molar-refractivity contribution in [1.82, 2.24) is 4.90 Å². The van der Waals surface area contributed by atoms with E-state index in [2.05, 4.69) is 73.7 Å². The van der Waals surface area contributed by atoms with Crippen LogP contribution in [0.3, 0.4) is 0 Å². The SMILES string of the molecule is Bc1c(OC)c(OC)c(B)c2c1C1(B)CC(OC(=O)[C@@H](N)C(C)C)C(CC(C)C)CN1C(B)(B)C2(B)B. The first-order valence-corrected chi connectivity index (χ1v) is 14.0. The van der Waals surface area contributed by atoms with Gasteiger partial charge in [0.1, 0.15) is 67.1 Å². The third kappa shape index (κ3) is 4.70. The molecule has 2 aliphatic heterocycles. The second-order valence-corrected chi connectivity index (χ2v) is 13.5.